The molecule has 0 unspecified atom stereocenters. The van der Waals surface area contributed by atoms with Gasteiger partial charge in [-0.25, -0.2) is 16.8 Å². The number of nitrogens with one attached hydrogen (secondary N) is 1. The first kappa shape index (κ1) is 17.9. The average molecular weight is 357 g/mol. The van der Waals surface area contributed by atoms with Gasteiger partial charge in [0.15, 0.2) is 0 Å². The summed E-state index contributed by atoms with van der Waals surface area (Å²) >= 11 is 0. The van der Waals surface area contributed by atoms with Gasteiger partial charge in [0.2, 0.25) is 10.0 Å². The van der Waals surface area contributed by atoms with E-state index in [1.165, 1.54) is 12.1 Å². The molecule has 21 heavy (non-hydrogen) atoms. The second kappa shape index (κ2) is 6.30. The molecule has 0 aliphatic rings. The largest absolute Gasteiger partial charge is 0.294 e. The van der Waals surface area contributed by atoms with Crippen LogP contribution in [0.1, 0.15) is 6.42 Å². The Morgan fingerprint density at radius 2 is 1.48 bits per heavy atom. The molecule has 120 valence electrons. The quantitative estimate of drug-likeness (QED) is 0.661. The van der Waals surface area contributed by atoms with Crippen molar-refractivity contribution in [1.29, 1.82) is 0 Å². The minimum absolute atomic E-state index is 0.0444. The lowest BCUT2D eigenvalue weighted by atomic mass is 10.3. The zero-order valence-electron chi connectivity index (χ0n) is 11.1. The van der Waals surface area contributed by atoms with Crippen molar-refractivity contribution in [2.24, 2.45) is 0 Å². The molecule has 8 nitrogen and oxygen atoms in total. The second-order valence-corrected chi connectivity index (χ2v) is 9.93. The zero-order valence-corrected chi connectivity index (χ0v) is 13.5. The molecule has 0 bridgehead atoms. The van der Waals surface area contributed by atoms with Crippen LogP contribution in [0.15, 0.2) is 29.2 Å². The Labute approximate surface area is 123 Å². The molecule has 0 spiro atoms. The van der Waals surface area contributed by atoms with Crippen LogP contribution in [-0.4, -0.2) is 47.6 Å². The van der Waals surface area contributed by atoms with Gasteiger partial charge >= 0.3 is 0 Å². The van der Waals surface area contributed by atoms with E-state index >= 15 is 0 Å². The van der Waals surface area contributed by atoms with E-state index in [1.54, 1.807) is 0 Å². The van der Waals surface area contributed by atoms with Crippen LogP contribution in [0, 0.1) is 0 Å². The summed E-state index contributed by atoms with van der Waals surface area (Å²) in [5, 5.41) is 0. The Bertz CT molecular complexity index is 793. The van der Waals surface area contributed by atoms with E-state index in [-0.39, 0.29) is 28.5 Å². The van der Waals surface area contributed by atoms with Crippen LogP contribution in [0.5, 0.6) is 0 Å². The lowest BCUT2D eigenvalue weighted by molar-refractivity contribution is 0.483. The van der Waals surface area contributed by atoms with Crippen molar-refractivity contribution in [2.45, 2.75) is 11.3 Å². The molecular weight excluding hydrogens is 342 g/mol. The standard InChI is InChI=1S/C10H15NO7S3/c1-19(12,13)7-2-8-20(14,15)11-9-3-5-10(6-4-9)21(16,17)18/h3-6,11H,2,7-8H2,1H3,(H,16,17,18). The predicted molar refractivity (Wildman–Crippen MR) is 78.0 cm³/mol. The van der Waals surface area contributed by atoms with Crippen molar-refractivity contribution in [2.75, 3.05) is 22.5 Å². The van der Waals surface area contributed by atoms with Gasteiger partial charge in [0.1, 0.15) is 9.84 Å². The number of benzene rings is 1. The van der Waals surface area contributed by atoms with Gasteiger partial charge in [-0.05, 0) is 30.7 Å². The van der Waals surface area contributed by atoms with Crippen molar-refractivity contribution in [3.63, 3.8) is 0 Å². The van der Waals surface area contributed by atoms with Gasteiger partial charge in [-0.1, -0.05) is 0 Å². The summed E-state index contributed by atoms with van der Waals surface area (Å²) in [7, 11) is -11.3. The van der Waals surface area contributed by atoms with Crippen LogP contribution in [-0.2, 0) is 30.0 Å². The van der Waals surface area contributed by atoms with Crippen molar-refractivity contribution >= 4 is 35.7 Å². The summed E-state index contributed by atoms with van der Waals surface area (Å²) in [6.45, 7) is 0. The summed E-state index contributed by atoms with van der Waals surface area (Å²) in [6, 6.07) is 4.45. The van der Waals surface area contributed by atoms with E-state index < -0.39 is 30.0 Å². The maximum Gasteiger partial charge on any atom is 0.294 e. The molecular formula is C10H15NO7S3. The van der Waals surface area contributed by atoms with Gasteiger partial charge in [0.25, 0.3) is 10.1 Å². The minimum atomic E-state index is -4.34. The number of hydrogen-bond acceptors (Lipinski definition) is 6. The SMILES string of the molecule is CS(=O)(=O)CCCS(=O)(=O)Nc1ccc(S(=O)(=O)O)cc1. The Morgan fingerprint density at radius 1 is 0.952 bits per heavy atom. The second-order valence-electron chi connectivity index (χ2n) is 4.40. The van der Waals surface area contributed by atoms with E-state index in [9.17, 15) is 25.3 Å². The Morgan fingerprint density at radius 3 is 1.90 bits per heavy atom. The van der Waals surface area contributed by atoms with Gasteiger partial charge in [0.05, 0.1) is 16.4 Å². The highest BCUT2D eigenvalue weighted by Gasteiger charge is 2.14. The summed E-state index contributed by atoms with van der Waals surface area (Å²) in [5.41, 5.74) is 0.113. The highest BCUT2D eigenvalue weighted by Crippen LogP contribution is 2.15. The molecule has 11 heteroatoms. The van der Waals surface area contributed by atoms with Crippen LogP contribution < -0.4 is 4.72 Å². The highest BCUT2D eigenvalue weighted by molar-refractivity contribution is 7.93. The van der Waals surface area contributed by atoms with Crippen LogP contribution in [0.3, 0.4) is 0 Å². The monoisotopic (exact) mass is 357 g/mol. The molecule has 0 heterocycles. The summed E-state index contributed by atoms with van der Waals surface area (Å²) < 4.78 is 77.8. The zero-order chi connectivity index (χ0) is 16.3. The Kier molecular flexibility index (Phi) is 5.36. The van der Waals surface area contributed by atoms with Gasteiger partial charge in [-0.2, -0.15) is 8.42 Å². The number of hydrogen-bond donors (Lipinski definition) is 2. The van der Waals surface area contributed by atoms with Gasteiger partial charge in [-0.15, -0.1) is 0 Å². The fourth-order valence-corrected chi connectivity index (χ4v) is 3.89. The third kappa shape index (κ3) is 6.89. The fraction of sp³-hybridized carbons (Fsp3) is 0.400. The molecule has 0 aliphatic heterocycles. The maximum atomic E-state index is 11.7. The molecule has 0 amide bonds. The summed E-state index contributed by atoms with van der Waals surface area (Å²) in [6.07, 6.45) is 0.971. The number of rotatable bonds is 7. The molecule has 1 rings (SSSR count). The van der Waals surface area contributed by atoms with Gasteiger partial charge in [0, 0.05) is 11.9 Å². The number of sulfonamides is 1. The molecule has 0 atom stereocenters. The van der Waals surface area contributed by atoms with E-state index in [0.717, 1.165) is 18.4 Å². The molecule has 1 aromatic carbocycles. The Balaban J connectivity index is 2.72. The molecule has 0 saturated heterocycles. The molecule has 1 aromatic rings. The smallest absolute Gasteiger partial charge is 0.284 e. The molecule has 0 fully saturated rings. The van der Waals surface area contributed by atoms with Crippen LogP contribution >= 0.6 is 0 Å². The summed E-state index contributed by atoms with van der Waals surface area (Å²) in [4.78, 5) is -0.359. The fourth-order valence-electron chi connectivity index (χ4n) is 1.44. The molecule has 0 radical (unpaired) electrons. The lowest BCUT2D eigenvalue weighted by Crippen LogP contribution is -2.19. The first-order valence-electron chi connectivity index (χ1n) is 5.65. The van der Waals surface area contributed by atoms with Gasteiger partial charge in [-0.3, -0.25) is 9.27 Å². The Hall–Kier alpha value is -1.17. The third-order valence-electron chi connectivity index (χ3n) is 2.35. The number of anilines is 1. The lowest BCUT2D eigenvalue weighted by Gasteiger charge is -2.08. The first-order chi connectivity index (χ1) is 9.39. The van der Waals surface area contributed by atoms with Crippen molar-refractivity contribution < 1.29 is 29.8 Å². The topological polar surface area (TPSA) is 135 Å². The maximum absolute atomic E-state index is 11.7. The predicted octanol–water partition coefficient (Wildman–Crippen LogP) is 0.110. The minimum Gasteiger partial charge on any atom is -0.284 e. The van der Waals surface area contributed by atoms with Crippen molar-refractivity contribution in [3.05, 3.63) is 24.3 Å². The molecule has 0 aliphatic carbocycles. The van der Waals surface area contributed by atoms with E-state index in [2.05, 4.69) is 4.72 Å². The van der Waals surface area contributed by atoms with Crippen LogP contribution in [0.2, 0.25) is 0 Å². The third-order valence-corrected chi connectivity index (χ3v) is 5.62. The van der Waals surface area contributed by atoms with Crippen molar-refractivity contribution in [3.8, 4) is 0 Å². The molecule has 0 saturated carbocycles. The summed E-state index contributed by atoms with van der Waals surface area (Å²) in [5.74, 6) is -0.615. The first-order valence-corrected chi connectivity index (χ1v) is 10.8. The van der Waals surface area contributed by atoms with Crippen LogP contribution in [0.25, 0.3) is 0 Å². The normalized spacial score (nSPS) is 13.0. The molecule has 0 aromatic heterocycles. The van der Waals surface area contributed by atoms with Crippen molar-refractivity contribution in [1.82, 2.24) is 0 Å². The van der Waals surface area contributed by atoms with E-state index in [4.69, 9.17) is 4.55 Å². The van der Waals surface area contributed by atoms with E-state index in [0.29, 0.717) is 0 Å². The highest BCUT2D eigenvalue weighted by atomic mass is 32.2. The van der Waals surface area contributed by atoms with Crippen LogP contribution in [0.4, 0.5) is 5.69 Å². The average Bonchev–Trinajstić information content (AvgIpc) is 2.25. The van der Waals surface area contributed by atoms with Gasteiger partial charge < -0.3 is 0 Å². The number of sulfone groups is 1. The molecule has 2 N–H and O–H groups in total. The van der Waals surface area contributed by atoms with E-state index in [1.807, 2.05) is 0 Å².